The normalized spacial score (nSPS) is 18.5. The van der Waals surface area contributed by atoms with Gasteiger partial charge in [0.15, 0.2) is 0 Å². The molecule has 0 radical (unpaired) electrons. The summed E-state index contributed by atoms with van der Waals surface area (Å²) < 4.78 is 5.66. The lowest BCUT2D eigenvalue weighted by Crippen LogP contribution is -2.35. The zero-order valence-corrected chi connectivity index (χ0v) is 15.1. The summed E-state index contributed by atoms with van der Waals surface area (Å²) in [6, 6.07) is 12.2. The van der Waals surface area contributed by atoms with Crippen molar-refractivity contribution < 1.29 is 4.74 Å². The average molecular weight is 371 g/mol. The van der Waals surface area contributed by atoms with Gasteiger partial charge in [-0.15, -0.1) is 24.8 Å². The summed E-state index contributed by atoms with van der Waals surface area (Å²) in [7, 11) is 0. The highest BCUT2D eigenvalue weighted by atomic mass is 35.5. The smallest absolute Gasteiger partial charge is 0.129 e. The number of para-hydroxylation sites is 1. The number of nitrogens with zero attached hydrogens (tertiary/aromatic N) is 2. The van der Waals surface area contributed by atoms with E-state index in [4.69, 9.17) is 10.5 Å². The molecule has 1 fully saturated rings. The Balaban J connectivity index is 0.00000144. The van der Waals surface area contributed by atoms with Crippen molar-refractivity contribution in [3.05, 3.63) is 48.4 Å². The molecule has 7 heteroatoms. The molecule has 1 aliphatic rings. The number of anilines is 1. The number of nitrogens with one attached hydrogen (secondary N) is 1. The van der Waals surface area contributed by atoms with Gasteiger partial charge < -0.3 is 15.8 Å². The summed E-state index contributed by atoms with van der Waals surface area (Å²) in [5.74, 6) is 2.29. The third-order valence-electron chi connectivity index (χ3n) is 3.92. The average Bonchev–Trinajstić information content (AvgIpc) is 2.53. The highest BCUT2D eigenvalue weighted by molar-refractivity contribution is 5.85. The number of ether oxygens (including phenoxy) is 1. The molecule has 3 N–H and O–H groups in total. The summed E-state index contributed by atoms with van der Waals surface area (Å²) in [6.07, 6.45) is 4.60. The first-order chi connectivity index (χ1) is 10.8. The van der Waals surface area contributed by atoms with Gasteiger partial charge >= 0.3 is 0 Å². The largest absolute Gasteiger partial charge is 0.494 e. The molecule has 1 aromatic heterocycles. The minimum Gasteiger partial charge on any atom is -0.494 e. The molecule has 0 atom stereocenters. The maximum absolute atomic E-state index is 5.83. The standard InChI is InChI=1S/C17H22N4O.2ClH/c18-14-9-13(10-14)16-11-17(21-12-20-16)19-7-4-8-22-15-5-2-1-3-6-15;;/h1-3,5-6,11-14H,4,7-10,18H2,(H,19,20,21);2*1H. The maximum Gasteiger partial charge on any atom is 0.129 e. The lowest BCUT2D eigenvalue weighted by atomic mass is 9.79. The summed E-state index contributed by atoms with van der Waals surface area (Å²) in [6.45, 7) is 1.51. The Hall–Kier alpha value is -1.56. The van der Waals surface area contributed by atoms with Crippen molar-refractivity contribution in [1.82, 2.24) is 9.97 Å². The van der Waals surface area contributed by atoms with Crippen LogP contribution in [0.1, 0.15) is 30.9 Å². The van der Waals surface area contributed by atoms with Crippen molar-refractivity contribution >= 4 is 30.6 Å². The van der Waals surface area contributed by atoms with Crippen molar-refractivity contribution in [1.29, 1.82) is 0 Å². The van der Waals surface area contributed by atoms with Gasteiger partial charge in [-0.1, -0.05) is 18.2 Å². The Morgan fingerprint density at radius 2 is 1.88 bits per heavy atom. The second kappa shape index (κ2) is 10.3. The molecule has 2 aromatic rings. The lowest BCUT2D eigenvalue weighted by Gasteiger charge is -2.31. The molecule has 0 amide bonds. The van der Waals surface area contributed by atoms with Gasteiger partial charge in [0.25, 0.3) is 0 Å². The molecule has 5 nitrogen and oxygen atoms in total. The van der Waals surface area contributed by atoms with Gasteiger partial charge in [-0.05, 0) is 31.4 Å². The highest BCUT2D eigenvalue weighted by Gasteiger charge is 2.28. The quantitative estimate of drug-likeness (QED) is 0.730. The van der Waals surface area contributed by atoms with E-state index < -0.39 is 0 Å². The van der Waals surface area contributed by atoms with Crippen LogP contribution in [0, 0.1) is 0 Å². The molecule has 1 aromatic carbocycles. The fraction of sp³-hybridized carbons (Fsp3) is 0.412. The second-order valence-electron chi connectivity index (χ2n) is 5.70. The first-order valence-corrected chi connectivity index (χ1v) is 7.80. The molecule has 0 unspecified atom stereocenters. The van der Waals surface area contributed by atoms with E-state index in [1.54, 1.807) is 6.33 Å². The second-order valence-corrected chi connectivity index (χ2v) is 5.70. The van der Waals surface area contributed by atoms with Crippen molar-refractivity contribution in [2.45, 2.75) is 31.2 Å². The predicted molar refractivity (Wildman–Crippen MR) is 102 cm³/mol. The number of nitrogens with two attached hydrogens (primary N) is 1. The van der Waals surface area contributed by atoms with E-state index in [1.165, 1.54) is 0 Å². The van der Waals surface area contributed by atoms with Gasteiger partial charge in [0, 0.05) is 30.3 Å². The lowest BCUT2D eigenvalue weighted by molar-refractivity contribution is 0.315. The van der Waals surface area contributed by atoms with Crippen LogP contribution < -0.4 is 15.8 Å². The van der Waals surface area contributed by atoms with E-state index in [1.807, 2.05) is 36.4 Å². The van der Waals surface area contributed by atoms with E-state index in [0.29, 0.717) is 18.6 Å². The minimum absolute atomic E-state index is 0. The van der Waals surface area contributed by atoms with Crippen LogP contribution in [0.5, 0.6) is 5.75 Å². The summed E-state index contributed by atoms with van der Waals surface area (Å²) in [5, 5.41) is 3.32. The summed E-state index contributed by atoms with van der Waals surface area (Å²) in [5.41, 5.74) is 6.93. The van der Waals surface area contributed by atoms with Crippen LogP contribution in [-0.4, -0.2) is 29.2 Å². The third kappa shape index (κ3) is 5.82. The van der Waals surface area contributed by atoms with Crippen LogP contribution in [-0.2, 0) is 0 Å². The van der Waals surface area contributed by atoms with Gasteiger partial charge in [-0.25, -0.2) is 9.97 Å². The van der Waals surface area contributed by atoms with Gasteiger partial charge in [0.2, 0.25) is 0 Å². The van der Waals surface area contributed by atoms with Gasteiger partial charge in [0.05, 0.1) is 6.61 Å². The zero-order chi connectivity index (χ0) is 15.2. The molecule has 3 rings (SSSR count). The van der Waals surface area contributed by atoms with E-state index in [2.05, 4.69) is 15.3 Å². The number of hydrogen-bond donors (Lipinski definition) is 2. The Morgan fingerprint density at radius 1 is 1.12 bits per heavy atom. The van der Waals surface area contributed by atoms with Crippen LogP contribution in [0.4, 0.5) is 5.82 Å². The van der Waals surface area contributed by atoms with Crippen molar-refractivity contribution in [3.63, 3.8) is 0 Å². The monoisotopic (exact) mass is 370 g/mol. The van der Waals surface area contributed by atoms with Crippen molar-refractivity contribution in [3.8, 4) is 5.75 Å². The summed E-state index contributed by atoms with van der Waals surface area (Å²) in [4.78, 5) is 8.61. The molecule has 1 heterocycles. The number of benzene rings is 1. The molecule has 1 saturated carbocycles. The van der Waals surface area contributed by atoms with Crippen molar-refractivity contribution in [2.75, 3.05) is 18.5 Å². The number of aromatic nitrogens is 2. The Labute approximate surface area is 155 Å². The first kappa shape index (κ1) is 20.5. The Morgan fingerprint density at radius 3 is 2.58 bits per heavy atom. The predicted octanol–water partition coefficient (Wildman–Crippen LogP) is 3.41. The molecule has 0 bridgehead atoms. The van der Waals surface area contributed by atoms with Gasteiger partial charge in [0.1, 0.15) is 17.9 Å². The molecule has 132 valence electrons. The molecule has 0 aliphatic heterocycles. The summed E-state index contributed by atoms with van der Waals surface area (Å²) >= 11 is 0. The minimum atomic E-state index is 0. The van der Waals surface area contributed by atoms with Crippen LogP contribution in [0.25, 0.3) is 0 Å². The molecular formula is C17H24Cl2N4O. The van der Waals surface area contributed by atoms with E-state index in [-0.39, 0.29) is 24.8 Å². The topological polar surface area (TPSA) is 73.1 Å². The Bertz CT molecular complexity index is 594. The van der Waals surface area contributed by atoms with Crippen LogP contribution in [0.3, 0.4) is 0 Å². The number of halogens is 2. The zero-order valence-electron chi connectivity index (χ0n) is 13.4. The van der Waals surface area contributed by atoms with Crippen LogP contribution >= 0.6 is 24.8 Å². The molecule has 0 saturated heterocycles. The fourth-order valence-corrected chi connectivity index (χ4v) is 2.59. The highest BCUT2D eigenvalue weighted by Crippen LogP contribution is 2.34. The van der Waals surface area contributed by atoms with Gasteiger partial charge in [-0.3, -0.25) is 0 Å². The molecule has 0 spiro atoms. The SMILES string of the molecule is Cl.Cl.NC1CC(c2cc(NCCCOc3ccccc3)ncn2)C1. The van der Waals surface area contributed by atoms with E-state index in [9.17, 15) is 0 Å². The third-order valence-corrected chi connectivity index (χ3v) is 3.92. The maximum atomic E-state index is 5.83. The van der Waals surface area contributed by atoms with Crippen LogP contribution in [0.15, 0.2) is 42.7 Å². The van der Waals surface area contributed by atoms with Crippen molar-refractivity contribution in [2.24, 2.45) is 5.73 Å². The fourth-order valence-electron chi connectivity index (χ4n) is 2.59. The molecule has 1 aliphatic carbocycles. The Kier molecular flexibility index (Phi) is 8.82. The molecular weight excluding hydrogens is 347 g/mol. The van der Waals surface area contributed by atoms with E-state index in [0.717, 1.165) is 43.1 Å². The van der Waals surface area contributed by atoms with Gasteiger partial charge in [-0.2, -0.15) is 0 Å². The number of rotatable bonds is 7. The van der Waals surface area contributed by atoms with Crippen LogP contribution in [0.2, 0.25) is 0 Å². The molecule has 24 heavy (non-hydrogen) atoms. The van der Waals surface area contributed by atoms with E-state index >= 15 is 0 Å². The number of hydrogen-bond acceptors (Lipinski definition) is 5. The first-order valence-electron chi connectivity index (χ1n) is 7.80.